The second-order valence-electron chi connectivity index (χ2n) is 8.15. The molecule has 4 rings (SSSR count). The van der Waals surface area contributed by atoms with Crippen molar-refractivity contribution >= 4 is 27.6 Å². The quantitative estimate of drug-likeness (QED) is 0.653. The highest BCUT2D eigenvalue weighted by Crippen LogP contribution is 2.34. The second kappa shape index (κ2) is 8.65. The van der Waals surface area contributed by atoms with Gasteiger partial charge in [0.25, 0.3) is 5.91 Å². The molecular weight excluding hydrogens is 432 g/mol. The van der Waals surface area contributed by atoms with Gasteiger partial charge in [-0.1, -0.05) is 24.3 Å². The van der Waals surface area contributed by atoms with E-state index in [9.17, 15) is 18.0 Å². The number of para-hydroxylation sites is 1. The first kappa shape index (κ1) is 22.4. The van der Waals surface area contributed by atoms with Crippen molar-refractivity contribution in [3.8, 4) is 0 Å². The van der Waals surface area contributed by atoms with Gasteiger partial charge >= 0.3 is 5.97 Å². The van der Waals surface area contributed by atoms with Gasteiger partial charge in [-0.05, 0) is 43.7 Å². The Hall–Kier alpha value is -2.75. The molecule has 1 amide bonds. The molecule has 3 atom stereocenters. The van der Waals surface area contributed by atoms with Crippen molar-refractivity contribution in [3.63, 3.8) is 0 Å². The number of methoxy groups -OCH3 is 1. The molecule has 2 aliphatic rings. The van der Waals surface area contributed by atoms with Crippen LogP contribution in [0.1, 0.15) is 29.8 Å². The van der Waals surface area contributed by atoms with Crippen LogP contribution >= 0.6 is 0 Å². The van der Waals surface area contributed by atoms with Crippen molar-refractivity contribution in [2.24, 2.45) is 0 Å². The van der Waals surface area contributed by atoms with Crippen LogP contribution in [0.2, 0.25) is 0 Å². The molecular formula is C23H26N2O6S. The number of rotatable bonds is 4. The normalized spacial score (nSPS) is 23.6. The lowest BCUT2D eigenvalue weighted by Crippen LogP contribution is -2.48. The molecule has 2 aromatic carbocycles. The van der Waals surface area contributed by atoms with Crippen molar-refractivity contribution in [2.75, 3.05) is 25.1 Å². The zero-order valence-electron chi connectivity index (χ0n) is 18.2. The maximum absolute atomic E-state index is 13.5. The van der Waals surface area contributed by atoms with Crippen LogP contribution in [-0.4, -0.2) is 63.0 Å². The van der Waals surface area contributed by atoms with Crippen LogP contribution in [0.15, 0.2) is 53.4 Å². The van der Waals surface area contributed by atoms with Crippen molar-refractivity contribution < 1.29 is 27.5 Å². The number of nitrogens with zero attached hydrogens (tertiary/aromatic N) is 2. The standard InChI is InChI=1S/C23H26N2O6S/c1-15-13-24(14-16(2)31-15)32(28,29)19-9-6-8-18(11-19)22(26)25-20-10-5-4-7-17(20)12-21(25)23(27)30-3/h4-11,15-16,21H,12-14H2,1-3H3. The summed E-state index contributed by atoms with van der Waals surface area (Å²) in [5.74, 6) is -0.972. The fraction of sp³-hybridized carbons (Fsp3) is 0.391. The summed E-state index contributed by atoms with van der Waals surface area (Å²) in [7, 11) is -2.53. The number of sulfonamides is 1. The van der Waals surface area contributed by atoms with E-state index >= 15 is 0 Å². The van der Waals surface area contributed by atoms with Crippen LogP contribution in [0.3, 0.4) is 0 Å². The SMILES string of the molecule is COC(=O)C1Cc2ccccc2N1C(=O)c1cccc(S(=O)(=O)N2CC(C)OC(C)C2)c1. The third-order valence-electron chi connectivity index (χ3n) is 5.77. The predicted octanol–water partition coefficient (Wildman–Crippen LogP) is 2.23. The van der Waals surface area contributed by atoms with Crippen molar-refractivity contribution in [1.82, 2.24) is 4.31 Å². The average molecular weight is 459 g/mol. The highest BCUT2D eigenvalue weighted by molar-refractivity contribution is 7.89. The number of anilines is 1. The van der Waals surface area contributed by atoms with Crippen LogP contribution in [0.25, 0.3) is 0 Å². The van der Waals surface area contributed by atoms with Gasteiger partial charge in [-0.15, -0.1) is 0 Å². The van der Waals surface area contributed by atoms with E-state index < -0.39 is 27.9 Å². The fourth-order valence-electron chi connectivity index (χ4n) is 4.37. The maximum Gasteiger partial charge on any atom is 0.329 e. The molecule has 2 aliphatic heterocycles. The van der Waals surface area contributed by atoms with E-state index in [0.717, 1.165) is 5.56 Å². The first-order valence-electron chi connectivity index (χ1n) is 10.5. The van der Waals surface area contributed by atoms with Gasteiger partial charge in [-0.2, -0.15) is 4.31 Å². The Morgan fingerprint density at radius 3 is 2.41 bits per heavy atom. The monoisotopic (exact) mass is 458 g/mol. The molecule has 9 heteroatoms. The Bertz CT molecular complexity index is 1140. The number of amides is 1. The van der Waals surface area contributed by atoms with Gasteiger partial charge < -0.3 is 9.47 Å². The van der Waals surface area contributed by atoms with Gasteiger partial charge in [-0.3, -0.25) is 9.69 Å². The molecule has 1 saturated heterocycles. The summed E-state index contributed by atoms with van der Waals surface area (Å²) in [6.07, 6.45) is -0.101. The van der Waals surface area contributed by atoms with Crippen molar-refractivity contribution in [1.29, 1.82) is 0 Å². The third-order valence-corrected chi connectivity index (χ3v) is 7.60. The molecule has 170 valence electrons. The minimum atomic E-state index is -3.81. The Labute approximate surface area is 187 Å². The van der Waals surface area contributed by atoms with Crippen LogP contribution in [0.4, 0.5) is 5.69 Å². The highest BCUT2D eigenvalue weighted by Gasteiger charge is 2.40. The smallest absolute Gasteiger partial charge is 0.329 e. The molecule has 0 aromatic heterocycles. The summed E-state index contributed by atoms with van der Waals surface area (Å²) < 4.78 is 38.5. The molecule has 0 aliphatic carbocycles. The van der Waals surface area contributed by atoms with E-state index in [1.807, 2.05) is 26.0 Å². The summed E-state index contributed by atoms with van der Waals surface area (Å²) in [6, 6.07) is 12.4. The van der Waals surface area contributed by atoms with Crippen LogP contribution < -0.4 is 4.90 Å². The van der Waals surface area contributed by atoms with E-state index in [1.54, 1.807) is 24.3 Å². The van der Waals surface area contributed by atoms with E-state index in [-0.39, 0.29) is 35.8 Å². The third kappa shape index (κ3) is 4.03. The van der Waals surface area contributed by atoms with Gasteiger partial charge in [0, 0.05) is 30.8 Å². The summed E-state index contributed by atoms with van der Waals surface area (Å²) in [6.45, 7) is 4.15. The molecule has 0 N–H and O–H groups in total. The number of esters is 1. The van der Waals surface area contributed by atoms with Gasteiger partial charge in [0.15, 0.2) is 0 Å². The molecule has 8 nitrogen and oxygen atoms in total. The average Bonchev–Trinajstić information content (AvgIpc) is 3.17. The second-order valence-corrected chi connectivity index (χ2v) is 10.1. The Balaban J connectivity index is 1.68. The van der Waals surface area contributed by atoms with Crippen LogP contribution in [0, 0.1) is 0 Å². The maximum atomic E-state index is 13.5. The molecule has 0 bridgehead atoms. The fourth-order valence-corrected chi connectivity index (χ4v) is 6.00. The molecule has 3 unspecified atom stereocenters. The minimum Gasteiger partial charge on any atom is -0.467 e. The first-order valence-corrected chi connectivity index (χ1v) is 11.9. The first-order chi connectivity index (χ1) is 15.2. The number of hydrogen-bond acceptors (Lipinski definition) is 6. The number of benzene rings is 2. The van der Waals surface area contributed by atoms with E-state index in [1.165, 1.54) is 28.4 Å². The zero-order valence-corrected chi connectivity index (χ0v) is 19.0. The molecule has 1 fully saturated rings. The van der Waals surface area contributed by atoms with Crippen molar-refractivity contribution in [2.45, 2.75) is 43.4 Å². The van der Waals surface area contributed by atoms with Gasteiger partial charge in [-0.25, -0.2) is 13.2 Å². The number of fused-ring (bicyclic) bond motifs is 1. The summed E-state index contributed by atoms with van der Waals surface area (Å²) in [5.41, 5.74) is 1.67. The Kier molecular flexibility index (Phi) is 6.07. The van der Waals surface area contributed by atoms with E-state index in [0.29, 0.717) is 12.1 Å². The zero-order chi connectivity index (χ0) is 23.0. The van der Waals surface area contributed by atoms with Crippen LogP contribution in [-0.2, 0) is 30.7 Å². The van der Waals surface area contributed by atoms with E-state index in [2.05, 4.69) is 0 Å². The molecule has 0 radical (unpaired) electrons. The van der Waals surface area contributed by atoms with Gasteiger partial charge in [0.2, 0.25) is 10.0 Å². The molecule has 0 spiro atoms. The number of ether oxygens (including phenoxy) is 2. The Morgan fingerprint density at radius 1 is 1.03 bits per heavy atom. The lowest BCUT2D eigenvalue weighted by Gasteiger charge is -2.34. The topological polar surface area (TPSA) is 93.2 Å². The lowest BCUT2D eigenvalue weighted by molar-refractivity contribution is -0.141. The molecule has 2 heterocycles. The highest BCUT2D eigenvalue weighted by atomic mass is 32.2. The number of carbonyl (C=O) groups excluding carboxylic acids is 2. The largest absolute Gasteiger partial charge is 0.467 e. The predicted molar refractivity (Wildman–Crippen MR) is 118 cm³/mol. The minimum absolute atomic E-state index is 0.0340. The molecule has 2 aromatic rings. The van der Waals surface area contributed by atoms with Crippen molar-refractivity contribution in [3.05, 3.63) is 59.7 Å². The number of carbonyl (C=O) groups is 2. The van der Waals surface area contributed by atoms with Gasteiger partial charge in [0.1, 0.15) is 6.04 Å². The lowest BCUT2D eigenvalue weighted by atomic mass is 10.1. The summed E-state index contributed by atoms with van der Waals surface area (Å²) >= 11 is 0. The van der Waals surface area contributed by atoms with E-state index in [4.69, 9.17) is 9.47 Å². The summed E-state index contributed by atoms with van der Waals surface area (Å²) in [4.78, 5) is 27.3. The summed E-state index contributed by atoms with van der Waals surface area (Å²) in [5, 5.41) is 0. The number of hydrogen-bond donors (Lipinski definition) is 0. The molecule has 0 saturated carbocycles. The van der Waals surface area contributed by atoms with Gasteiger partial charge in [0.05, 0.1) is 24.2 Å². The number of morpholine rings is 1. The molecule has 32 heavy (non-hydrogen) atoms. The Morgan fingerprint density at radius 2 is 1.72 bits per heavy atom. The van der Waals surface area contributed by atoms with Crippen LogP contribution in [0.5, 0.6) is 0 Å².